The molecule has 5 nitrogen and oxygen atoms in total. The summed E-state index contributed by atoms with van der Waals surface area (Å²) in [5.74, 6) is 1.46. The molecular weight excluding hydrogens is 320 g/mol. The van der Waals surface area contributed by atoms with Gasteiger partial charge in [0.25, 0.3) is 0 Å². The highest BCUT2D eigenvalue weighted by Crippen LogP contribution is 2.26. The molecule has 4 N–H and O–H groups in total. The van der Waals surface area contributed by atoms with Gasteiger partial charge in [-0.2, -0.15) is 11.8 Å². The maximum absolute atomic E-state index is 12.1. The second kappa shape index (κ2) is 8.09. The van der Waals surface area contributed by atoms with Crippen LogP contribution in [0.4, 0.5) is 5.69 Å². The molecule has 0 atom stereocenters. The van der Waals surface area contributed by atoms with Crippen molar-refractivity contribution in [3.05, 3.63) is 22.7 Å². The average Bonchev–Trinajstić information content (AvgIpc) is 2.39. The first-order chi connectivity index (χ1) is 9.38. The van der Waals surface area contributed by atoms with Crippen LogP contribution in [0.5, 0.6) is 0 Å². The molecule has 0 bridgehead atoms. The Balaban J connectivity index is 2.61. The summed E-state index contributed by atoms with van der Waals surface area (Å²) in [6, 6.07) is 2.86. The zero-order chi connectivity index (χ0) is 15.2. The highest BCUT2D eigenvalue weighted by Gasteiger charge is 2.16. The number of anilines is 1. The van der Waals surface area contributed by atoms with Gasteiger partial charge in [0.2, 0.25) is 10.0 Å². The molecule has 0 heterocycles. The van der Waals surface area contributed by atoms with Gasteiger partial charge in [-0.05, 0) is 36.8 Å². The number of nitrogen functional groups attached to an aromatic ring is 1. The van der Waals surface area contributed by atoms with Crippen molar-refractivity contribution in [1.29, 1.82) is 0 Å². The minimum Gasteiger partial charge on any atom is -0.397 e. The monoisotopic (exact) mass is 338 g/mol. The van der Waals surface area contributed by atoms with Gasteiger partial charge in [-0.15, -0.1) is 0 Å². The fraction of sp³-hybridized carbons (Fsp3) is 0.500. The van der Waals surface area contributed by atoms with Crippen molar-refractivity contribution in [3.63, 3.8) is 0 Å². The van der Waals surface area contributed by atoms with E-state index < -0.39 is 10.0 Å². The van der Waals surface area contributed by atoms with Crippen LogP contribution >= 0.6 is 23.4 Å². The molecule has 114 valence electrons. The van der Waals surface area contributed by atoms with Crippen molar-refractivity contribution in [2.45, 2.75) is 18.2 Å². The molecule has 0 aliphatic heterocycles. The Kier molecular flexibility index (Phi) is 7.11. The predicted octanol–water partition coefficient (Wildman–Crippen LogP) is 1.62. The summed E-state index contributed by atoms with van der Waals surface area (Å²) in [7, 11) is -3.57. The van der Waals surface area contributed by atoms with E-state index in [0.717, 1.165) is 5.75 Å². The van der Waals surface area contributed by atoms with Crippen LogP contribution in [0.2, 0.25) is 5.02 Å². The normalized spacial score (nSPS) is 11.8. The summed E-state index contributed by atoms with van der Waals surface area (Å²) in [6.45, 7) is 2.20. The number of aryl methyl sites for hydroxylation is 1. The van der Waals surface area contributed by atoms with E-state index in [4.69, 9.17) is 22.4 Å². The number of hydrogen-bond donors (Lipinski definition) is 3. The van der Waals surface area contributed by atoms with Crippen LogP contribution in [-0.2, 0) is 10.0 Å². The SMILES string of the molecule is Cc1cc(S(=O)(=O)NCCSCCCO)cc(N)c1Cl. The molecule has 0 spiro atoms. The summed E-state index contributed by atoms with van der Waals surface area (Å²) in [5, 5.41) is 9.01. The molecule has 0 fully saturated rings. The van der Waals surface area contributed by atoms with Gasteiger partial charge < -0.3 is 10.8 Å². The van der Waals surface area contributed by atoms with E-state index in [9.17, 15) is 8.42 Å². The van der Waals surface area contributed by atoms with Crippen molar-refractivity contribution in [1.82, 2.24) is 4.72 Å². The molecule has 0 saturated heterocycles. The minimum atomic E-state index is -3.57. The number of rotatable bonds is 8. The lowest BCUT2D eigenvalue weighted by Gasteiger charge is -2.10. The molecule has 0 unspecified atom stereocenters. The Morgan fingerprint density at radius 3 is 2.70 bits per heavy atom. The van der Waals surface area contributed by atoms with E-state index in [0.29, 0.717) is 29.3 Å². The quantitative estimate of drug-likeness (QED) is 0.495. The molecule has 8 heteroatoms. The molecule has 0 aromatic heterocycles. The van der Waals surface area contributed by atoms with Crippen molar-refractivity contribution in [2.75, 3.05) is 30.4 Å². The number of thioether (sulfide) groups is 1. The summed E-state index contributed by atoms with van der Waals surface area (Å²) in [5.41, 5.74) is 6.56. The topological polar surface area (TPSA) is 92.4 Å². The van der Waals surface area contributed by atoms with Gasteiger partial charge in [0.15, 0.2) is 0 Å². The molecule has 0 aliphatic rings. The molecular formula is C12H19ClN2O3S2. The second-order valence-electron chi connectivity index (χ2n) is 4.23. The van der Waals surface area contributed by atoms with Gasteiger partial charge in [0.05, 0.1) is 15.6 Å². The summed E-state index contributed by atoms with van der Waals surface area (Å²) in [4.78, 5) is 0.122. The third-order valence-corrected chi connectivity index (χ3v) is 5.58. The maximum Gasteiger partial charge on any atom is 0.240 e. The van der Waals surface area contributed by atoms with Gasteiger partial charge in [-0.1, -0.05) is 11.6 Å². The molecule has 0 amide bonds. The maximum atomic E-state index is 12.1. The average molecular weight is 339 g/mol. The van der Waals surface area contributed by atoms with Crippen LogP contribution in [0.15, 0.2) is 17.0 Å². The van der Waals surface area contributed by atoms with Crippen molar-refractivity contribution in [3.8, 4) is 0 Å². The van der Waals surface area contributed by atoms with Gasteiger partial charge in [-0.25, -0.2) is 13.1 Å². The first kappa shape index (κ1) is 17.6. The zero-order valence-corrected chi connectivity index (χ0v) is 13.6. The number of nitrogens with two attached hydrogens (primary N) is 1. The lowest BCUT2D eigenvalue weighted by molar-refractivity contribution is 0.296. The largest absolute Gasteiger partial charge is 0.397 e. The molecule has 1 rings (SSSR count). The second-order valence-corrected chi connectivity index (χ2v) is 7.60. The van der Waals surface area contributed by atoms with Crippen LogP contribution in [0, 0.1) is 6.92 Å². The predicted molar refractivity (Wildman–Crippen MR) is 84.8 cm³/mol. The molecule has 0 aliphatic carbocycles. The Morgan fingerprint density at radius 2 is 2.10 bits per heavy atom. The highest BCUT2D eigenvalue weighted by molar-refractivity contribution is 7.99. The van der Waals surface area contributed by atoms with E-state index in [1.54, 1.807) is 18.7 Å². The Labute approximate surface area is 128 Å². The van der Waals surface area contributed by atoms with Gasteiger partial charge in [0.1, 0.15) is 0 Å². The fourth-order valence-electron chi connectivity index (χ4n) is 1.52. The molecule has 1 aromatic rings. The van der Waals surface area contributed by atoms with Crippen LogP contribution < -0.4 is 10.5 Å². The third-order valence-electron chi connectivity index (χ3n) is 2.55. The number of aliphatic hydroxyl groups excluding tert-OH is 1. The van der Waals surface area contributed by atoms with Crippen LogP contribution in [0.1, 0.15) is 12.0 Å². The molecule has 0 saturated carbocycles. The van der Waals surface area contributed by atoms with E-state index in [2.05, 4.69) is 4.72 Å². The zero-order valence-electron chi connectivity index (χ0n) is 11.2. The summed E-state index contributed by atoms with van der Waals surface area (Å²) >= 11 is 7.50. The third kappa shape index (κ3) is 5.14. The standard InChI is InChI=1S/C12H19ClN2O3S2/c1-9-7-10(8-11(14)12(9)13)20(17,18)15-3-6-19-5-2-4-16/h7-8,15-16H,2-6,14H2,1H3. The van der Waals surface area contributed by atoms with Gasteiger partial charge in [-0.3, -0.25) is 0 Å². The van der Waals surface area contributed by atoms with Gasteiger partial charge in [0, 0.05) is 18.9 Å². The van der Waals surface area contributed by atoms with Gasteiger partial charge >= 0.3 is 0 Å². The highest BCUT2D eigenvalue weighted by atomic mass is 35.5. The van der Waals surface area contributed by atoms with E-state index in [-0.39, 0.29) is 17.2 Å². The summed E-state index contributed by atoms with van der Waals surface area (Å²) < 4.78 is 26.7. The number of halogens is 1. The van der Waals surface area contributed by atoms with Crippen molar-refractivity contribution >= 4 is 39.1 Å². The smallest absolute Gasteiger partial charge is 0.240 e. The van der Waals surface area contributed by atoms with Crippen molar-refractivity contribution in [2.24, 2.45) is 0 Å². The number of nitrogens with one attached hydrogen (secondary N) is 1. The summed E-state index contributed by atoms with van der Waals surface area (Å²) in [6.07, 6.45) is 0.713. The van der Waals surface area contributed by atoms with Crippen LogP contribution in [0.3, 0.4) is 0 Å². The Bertz CT molecular complexity index is 527. The Morgan fingerprint density at radius 1 is 1.40 bits per heavy atom. The fourth-order valence-corrected chi connectivity index (χ4v) is 3.69. The lowest BCUT2D eigenvalue weighted by Crippen LogP contribution is -2.26. The van der Waals surface area contributed by atoms with Crippen molar-refractivity contribution < 1.29 is 13.5 Å². The van der Waals surface area contributed by atoms with E-state index in [1.807, 2.05) is 0 Å². The molecule has 0 radical (unpaired) electrons. The molecule has 20 heavy (non-hydrogen) atoms. The van der Waals surface area contributed by atoms with E-state index in [1.165, 1.54) is 12.1 Å². The number of hydrogen-bond acceptors (Lipinski definition) is 5. The Hall–Kier alpha value is -0.470. The van der Waals surface area contributed by atoms with Crippen LogP contribution in [-0.4, -0.2) is 38.2 Å². The first-order valence-corrected chi connectivity index (χ1v) is 9.14. The van der Waals surface area contributed by atoms with Crippen LogP contribution in [0.25, 0.3) is 0 Å². The number of sulfonamides is 1. The molecule has 1 aromatic carbocycles. The first-order valence-electron chi connectivity index (χ1n) is 6.12. The minimum absolute atomic E-state index is 0.122. The lowest BCUT2D eigenvalue weighted by atomic mass is 10.2. The number of aliphatic hydroxyl groups is 1. The van der Waals surface area contributed by atoms with E-state index >= 15 is 0 Å². The number of benzene rings is 1.